The van der Waals surface area contributed by atoms with Crippen LogP contribution in [0.25, 0.3) is 0 Å². The van der Waals surface area contributed by atoms with Crippen LogP contribution < -0.4 is 4.74 Å². The van der Waals surface area contributed by atoms with Crippen LogP contribution in [0, 0.1) is 17.0 Å². The normalized spacial score (nSPS) is 10.3. The fourth-order valence-electron chi connectivity index (χ4n) is 1.44. The molecule has 1 aromatic carbocycles. The minimum atomic E-state index is -0.556. The maximum absolute atomic E-state index is 10.9. The molecule has 1 aromatic heterocycles. The number of ether oxygens (including phenoxy) is 1. The average Bonchev–Trinajstić information content (AvgIpc) is 2.35. The van der Waals surface area contributed by atoms with Crippen LogP contribution in [0.15, 0.2) is 30.5 Å². The number of hydrogen-bond acceptors (Lipinski definition) is 4. The first kappa shape index (κ1) is 13.6. The summed E-state index contributed by atoms with van der Waals surface area (Å²) < 4.78 is 5.52. The summed E-state index contributed by atoms with van der Waals surface area (Å²) >= 11 is 11.7. The van der Waals surface area contributed by atoms with Gasteiger partial charge in [-0.3, -0.25) is 10.1 Å². The number of nitro groups is 1. The molecule has 5 nitrogen and oxygen atoms in total. The first-order valence-corrected chi connectivity index (χ1v) is 5.97. The van der Waals surface area contributed by atoms with Crippen molar-refractivity contribution in [3.63, 3.8) is 0 Å². The van der Waals surface area contributed by atoms with Crippen molar-refractivity contribution in [2.75, 3.05) is 0 Å². The Morgan fingerprint density at radius 3 is 2.79 bits per heavy atom. The molecule has 0 aliphatic carbocycles. The van der Waals surface area contributed by atoms with Gasteiger partial charge in [0.15, 0.2) is 0 Å². The van der Waals surface area contributed by atoms with Crippen molar-refractivity contribution in [1.82, 2.24) is 4.98 Å². The molecule has 7 heteroatoms. The summed E-state index contributed by atoms with van der Waals surface area (Å²) in [6.45, 7) is 1.75. The number of nitro benzene ring substituents is 1. The molecular formula is C12H8Cl2N2O3. The molecule has 0 fully saturated rings. The lowest BCUT2D eigenvalue weighted by atomic mass is 10.2. The summed E-state index contributed by atoms with van der Waals surface area (Å²) in [6.07, 6.45) is 1.51. The molecule has 0 bridgehead atoms. The molecule has 19 heavy (non-hydrogen) atoms. The monoisotopic (exact) mass is 298 g/mol. The van der Waals surface area contributed by atoms with Crippen molar-refractivity contribution in [2.24, 2.45) is 0 Å². The van der Waals surface area contributed by atoms with Crippen molar-refractivity contribution in [1.29, 1.82) is 0 Å². The van der Waals surface area contributed by atoms with Crippen LogP contribution in [0.1, 0.15) is 5.56 Å². The molecule has 0 saturated carbocycles. The molecule has 2 aromatic rings. The third-order valence-electron chi connectivity index (χ3n) is 2.38. The lowest BCUT2D eigenvalue weighted by Gasteiger charge is -2.10. The Kier molecular flexibility index (Phi) is 3.87. The van der Waals surface area contributed by atoms with Gasteiger partial charge in [0, 0.05) is 23.9 Å². The number of rotatable bonds is 3. The van der Waals surface area contributed by atoms with E-state index < -0.39 is 4.92 Å². The highest BCUT2D eigenvalue weighted by atomic mass is 35.5. The molecule has 1 heterocycles. The number of aromatic nitrogens is 1. The molecule has 0 amide bonds. The third kappa shape index (κ3) is 2.94. The minimum Gasteiger partial charge on any atom is -0.448 e. The topological polar surface area (TPSA) is 65.3 Å². The molecular weight excluding hydrogens is 291 g/mol. The second-order valence-electron chi connectivity index (χ2n) is 3.72. The quantitative estimate of drug-likeness (QED) is 0.478. The number of aryl methyl sites for hydroxylation is 1. The summed E-state index contributed by atoms with van der Waals surface area (Å²) in [6, 6.07) is 5.80. The van der Waals surface area contributed by atoms with E-state index in [0.29, 0.717) is 11.3 Å². The number of halogens is 2. The molecule has 0 unspecified atom stereocenters. The maximum Gasteiger partial charge on any atom is 0.313 e. The van der Waals surface area contributed by atoms with Crippen LogP contribution in [0.5, 0.6) is 11.5 Å². The van der Waals surface area contributed by atoms with Gasteiger partial charge < -0.3 is 4.74 Å². The Morgan fingerprint density at radius 1 is 1.37 bits per heavy atom. The van der Waals surface area contributed by atoms with Crippen molar-refractivity contribution < 1.29 is 9.66 Å². The van der Waals surface area contributed by atoms with Crippen molar-refractivity contribution in [3.05, 3.63) is 56.3 Å². The summed E-state index contributed by atoms with van der Waals surface area (Å²) in [4.78, 5) is 14.3. The Balaban J connectivity index is 2.49. The van der Waals surface area contributed by atoms with E-state index >= 15 is 0 Å². The van der Waals surface area contributed by atoms with Gasteiger partial charge in [-0.1, -0.05) is 29.3 Å². The van der Waals surface area contributed by atoms with Gasteiger partial charge in [-0.25, -0.2) is 4.98 Å². The summed E-state index contributed by atoms with van der Waals surface area (Å²) in [5.74, 6) is 0.357. The number of hydrogen-bond donors (Lipinski definition) is 0. The predicted molar refractivity (Wildman–Crippen MR) is 72.2 cm³/mol. The van der Waals surface area contributed by atoms with Crippen LogP contribution >= 0.6 is 23.2 Å². The zero-order valence-corrected chi connectivity index (χ0v) is 11.3. The fourth-order valence-corrected chi connectivity index (χ4v) is 1.80. The zero-order valence-electron chi connectivity index (χ0n) is 9.76. The number of pyridine rings is 1. The highest BCUT2D eigenvalue weighted by Crippen LogP contribution is 2.38. The molecule has 2 rings (SSSR count). The van der Waals surface area contributed by atoms with Crippen LogP contribution in [-0.2, 0) is 0 Å². The summed E-state index contributed by atoms with van der Waals surface area (Å²) in [5, 5.41) is 11.3. The van der Waals surface area contributed by atoms with E-state index in [1.165, 1.54) is 30.5 Å². The lowest BCUT2D eigenvalue weighted by Crippen LogP contribution is -1.95. The van der Waals surface area contributed by atoms with E-state index in [1.54, 1.807) is 6.92 Å². The zero-order chi connectivity index (χ0) is 14.0. The largest absolute Gasteiger partial charge is 0.448 e. The SMILES string of the molecule is Cc1cnc(Cl)cc1Oc1c(Cl)cccc1[N+](=O)[O-]. The third-order valence-corrected chi connectivity index (χ3v) is 2.88. The average molecular weight is 299 g/mol. The fraction of sp³-hybridized carbons (Fsp3) is 0.0833. The van der Waals surface area contributed by atoms with Crippen molar-refractivity contribution >= 4 is 28.9 Å². The van der Waals surface area contributed by atoms with E-state index in [-0.39, 0.29) is 21.6 Å². The highest BCUT2D eigenvalue weighted by molar-refractivity contribution is 6.32. The maximum atomic E-state index is 10.9. The second kappa shape index (κ2) is 5.42. The van der Waals surface area contributed by atoms with Crippen LogP contribution in [0.2, 0.25) is 10.2 Å². The molecule has 0 aliphatic heterocycles. The molecule has 0 radical (unpaired) electrons. The Bertz CT molecular complexity index is 647. The Labute approximate surface area is 118 Å². The van der Waals surface area contributed by atoms with E-state index in [0.717, 1.165) is 0 Å². The van der Waals surface area contributed by atoms with E-state index in [2.05, 4.69) is 4.98 Å². The van der Waals surface area contributed by atoms with Crippen LogP contribution in [0.3, 0.4) is 0 Å². The molecule has 0 aliphatic rings. The van der Waals surface area contributed by atoms with Gasteiger partial charge in [-0.15, -0.1) is 0 Å². The molecule has 98 valence electrons. The van der Waals surface area contributed by atoms with Gasteiger partial charge in [-0.2, -0.15) is 0 Å². The van der Waals surface area contributed by atoms with Gasteiger partial charge in [0.25, 0.3) is 0 Å². The van der Waals surface area contributed by atoms with E-state index in [9.17, 15) is 10.1 Å². The Hall–Kier alpha value is -1.85. The smallest absolute Gasteiger partial charge is 0.313 e. The molecule has 0 N–H and O–H groups in total. The molecule has 0 atom stereocenters. The summed E-state index contributed by atoms with van der Waals surface area (Å²) in [5.41, 5.74) is 0.485. The van der Waals surface area contributed by atoms with E-state index in [1.807, 2.05) is 0 Å². The Morgan fingerprint density at radius 2 is 2.11 bits per heavy atom. The standard InChI is InChI=1S/C12H8Cl2N2O3/c1-7-6-15-11(14)5-10(7)19-12-8(13)3-2-4-9(12)16(17)18/h2-6H,1H3. The molecule has 0 saturated heterocycles. The second-order valence-corrected chi connectivity index (χ2v) is 4.51. The lowest BCUT2D eigenvalue weighted by molar-refractivity contribution is -0.385. The molecule has 0 spiro atoms. The van der Waals surface area contributed by atoms with Crippen LogP contribution in [-0.4, -0.2) is 9.91 Å². The van der Waals surface area contributed by atoms with Crippen molar-refractivity contribution in [2.45, 2.75) is 6.92 Å². The minimum absolute atomic E-state index is 0.0143. The summed E-state index contributed by atoms with van der Waals surface area (Å²) in [7, 11) is 0. The number of nitrogens with zero attached hydrogens (tertiary/aromatic N) is 2. The first-order chi connectivity index (χ1) is 8.99. The van der Waals surface area contributed by atoms with Crippen molar-refractivity contribution in [3.8, 4) is 11.5 Å². The van der Waals surface area contributed by atoms with Gasteiger partial charge >= 0.3 is 5.69 Å². The van der Waals surface area contributed by atoms with Gasteiger partial charge in [0.1, 0.15) is 10.9 Å². The number of para-hydroxylation sites is 1. The highest BCUT2D eigenvalue weighted by Gasteiger charge is 2.19. The predicted octanol–water partition coefficient (Wildman–Crippen LogP) is 4.40. The van der Waals surface area contributed by atoms with Gasteiger partial charge in [0.2, 0.25) is 5.75 Å². The van der Waals surface area contributed by atoms with E-state index in [4.69, 9.17) is 27.9 Å². The number of benzene rings is 1. The van der Waals surface area contributed by atoms with Crippen LogP contribution in [0.4, 0.5) is 5.69 Å². The van der Waals surface area contributed by atoms with Gasteiger partial charge in [-0.05, 0) is 13.0 Å². The van der Waals surface area contributed by atoms with Gasteiger partial charge in [0.05, 0.1) is 9.95 Å². The first-order valence-electron chi connectivity index (χ1n) is 5.22.